The van der Waals surface area contributed by atoms with Crippen LogP contribution in [-0.4, -0.2) is 48.2 Å². The van der Waals surface area contributed by atoms with E-state index in [2.05, 4.69) is 21.8 Å². The number of rotatable bonds is 11. The molecule has 0 saturated carbocycles. The topological polar surface area (TPSA) is 64.5 Å². The van der Waals surface area contributed by atoms with Gasteiger partial charge in [-0.05, 0) is 35.7 Å². The summed E-state index contributed by atoms with van der Waals surface area (Å²) in [5, 5.41) is 0. The van der Waals surface area contributed by atoms with E-state index in [1.165, 1.54) is 11.3 Å². The van der Waals surface area contributed by atoms with E-state index in [-0.39, 0.29) is 24.5 Å². The van der Waals surface area contributed by atoms with Gasteiger partial charge in [-0.1, -0.05) is 19.1 Å². The number of hydrogen-bond donors (Lipinski definition) is 0. The Morgan fingerprint density at radius 2 is 2.03 bits per heavy atom. The molecule has 3 aromatic rings. The number of halogens is 1. The standard InChI is InChI=1S/C25H28FN3O3S/c1-18(13-23(30)24-15-27-17-33-24)19-3-5-20(6-4-19)32-22-9-11-29(16-22)25-8-7-21(14-28-25)31-12-2-10-26/h3-8,14-15,17-18,22H,2,9-13,16H2,1H3/t18-,22-/m1/s1. The maximum Gasteiger partial charge on any atom is 0.175 e. The first kappa shape index (κ1) is 23.2. The number of carbonyl (C=O) groups is 1. The third-order valence-corrected chi connectivity index (χ3v) is 6.50. The Hall–Kier alpha value is -3.00. The molecule has 0 aliphatic carbocycles. The molecule has 0 unspecified atom stereocenters. The van der Waals surface area contributed by atoms with Crippen LogP contribution < -0.4 is 14.4 Å². The Kier molecular flexibility index (Phi) is 7.88. The molecule has 1 aromatic carbocycles. The highest BCUT2D eigenvalue weighted by Gasteiger charge is 2.25. The monoisotopic (exact) mass is 469 g/mol. The van der Waals surface area contributed by atoms with Crippen LogP contribution in [0, 0.1) is 0 Å². The molecule has 0 bridgehead atoms. The number of ketones is 1. The lowest BCUT2D eigenvalue weighted by Gasteiger charge is -2.19. The van der Waals surface area contributed by atoms with Crippen LogP contribution in [0.1, 0.15) is 47.3 Å². The number of pyridine rings is 1. The fourth-order valence-corrected chi connectivity index (χ4v) is 4.41. The summed E-state index contributed by atoms with van der Waals surface area (Å²) < 4.78 is 23.8. The molecule has 3 heterocycles. The summed E-state index contributed by atoms with van der Waals surface area (Å²) in [6, 6.07) is 11.8. The Morgan fingerprint density at radius 1 is 1.21 bits per heavy atom. The summed E-state index contributed by atoms with van der Waals surface area (Å²) in [7, 11) is 0. The number of thiazole rings is 1. The van der Waals surface area contributed by atoms with Crippen LogP contribution in [0.4, 0.5) is 10.2 Å². The van der Waals surface area contributed by atoms with Gasteiger partial charge in [0.2, 0.25) is 0 Å². The second-order valence-corrected chi connectivity index (χ2v) is 9.07. The first-order valence-corrected chi connectivity index (χ1v) is 12.1. The van der Waals surface area contributed by atoms with Crippen molar-refractivity contribution in [2.24, 2.45) is 0 Å². The molecule has 0 N–H and O–H groups in total. The van der Waals surface area contributed by atoms with Crippen LogP contribution in [0.3, 0.4) is 0 Å². The Bertz CT molecular complexity index is 1010. The first-order valence-electron chi connectivity index (χ1n) is 11.2. The second-order valence-electron chi connectivity index (χ2n) is 8.18. The molecule has 1 aliphatic heterocycles. The Labute approximate surface area is 197 Å². The highest BCUT2D eigenvalue weighted by molar-refractivity contribution is 7.11. The summed E-state index contributed by atoms with van der Waals surface area (Å²) in [5.74, 6) is 2.63. The van der Waals surface area contributed by atoms with Crippen molar-refractivity contribution in [2.45, 2.75) is 38.2 Å². The zero-order chi connectivity index (χ0) is 23.0. The molecule has 174 valence electrons. The molecular formula is C25H28FN3O3S. The molecule has 2 aromatic heterocycles. The minimum Gasteiger partial charge on any atom is -0.492 e. The number of nitrogens with zero attached hydrogens (tertiary/aromatic N) is 3. The predicted octanol–water partition coefficient (Wildman–Crippen LogP) is 5.31. The quantitative estimate of drug-likeness (QED) is 0.280. The number of benzene rings is 1. The zero-order valence-corrected chi connectivity index (χ0v) is 19.5. The van der Waals surface area contributed by atoms with Gasteiger partial charge in [0, 0.05) is 32.0 Å². The van der Waals surface area contributed by atoms with Gasteiger partial charge in [-0.2, -0.15) is 0 Å². The number of hydrogen-bond acceptors (Lipinski definition) is 7. The third kappa shape index (κ3) is 6.28. The molecule has 0 radical (unpaired) electrons. The van der Waals surface area contributed by atoms with Crippen LogP contribution in [0.25, 0.3) is 0 Å². The second kappa shape index (κ2) is 11.2. The number of aromatic nitrogens is 2. The van der Waals surface area contributed by atoms with Gasteiger partial charge in [0.25, 0.3) is 0 Å². The van der Waals surface area contributed by atoms with Crippen LogP contribution >= 0.6 is 11.3 Å². The SMILES string of the molecule is C[C@H](CC(=O)c1cncs1)c1ccc(O[C@@H]2CCN(c3ccc(OCCCF)cn3)C2)cc1. The third-order valence-electron chi connectivity index (χ3n) is 5.69. The van der Waals surface area contributed by atoms with E-state index in [1.54, 1.807) is 17.9 Å². The molecule has 33 heavy (non-hydrogen) atoms. The molecule has 8 heteroatoms. The first-order chi connectivity index (χ1) is 16.1. The lowest BCUT2D eigenvalue weighted by molar-refractivity contribution is 0.0979. The maximum absolute atomic E-state index is 12.3. The Balaban J connectivity index is 1.26. The summed E-state index contributed by atoms with van der Waals surface area (Å²) in [6.45, 7) is 3.67. The lowest BCUT2D eigenvalue weighted by Crippen LogP contribution is -2.25. The summed E-state index contributed by atoms with van der Waals surface area (Å²) in [4.78, 5) is 23.7. The highest BCUT2D eigenvalue weighted by atomic mass is 32.1. The highest BCUT2D eigenvalue weighted by Crippen LogP contribution is 2.27. The smallest absolute Gasteiger partial charge is 0.175 e. The van der Waals surface area contributed by atoms with Crippen LogP contribution in [0.5, 0.6) is 11.5 Å². The zero-order valence-electron chi connectivity index (χ0n) is 18.7. The summed E-state index contributed by atoms with van der Waals surface area (Å²) >= 11 is 1.38. The average Bonchev–Trinajstić information content (AvgIpc) is 3.53. The molecule has 0 spiro atoms. The van der Waals surface area contributed by atoms with Gasteiger partial charge in [0.15, 0.2) is 5.78 Å². The van der Waals surface area contributed by atoms with Gasteiger partial charge in [-0.3, -0.25) is 14.2 Å². The Morgan fingerprint density at radius 3 is 2.73 bits per heavy atom. The van der Waals surface area contributed by atoms with Gasteiger partial charge in [-0.25, -0.2) is 4.98 Å². The van der Waals surface area contributed by atoms with Crippen molar-refractivity contribution in [3.8, 4) is 11.5 Å². The van der Waals surface area contributed by atoms with Crippen molar-refractivity contribution in [1.82, 2.24) is 9.97 Å². The van der Waals surface area contributed by atoms with Gasteiger partial charge in [0.1, 0.15) is 23.4 Å². The molecule has 4 rings (SSSR count). The van der Waals surface area contributed by atoms with E-state index in [9.17, 15) is 9.18 Å². The number of carbonyl (C=O) groups excluding carboxylic acids is 1. The van der Waals surface area contributed by atoms with Crippen LogP contribution in [-0.2, 0) is 0 Å². The van der Waals surface area contributed by atoms with E-state index < -0.39 is 0 Å². The van der Waals surface area contributed by atoms with E-state index in [0.717, 1.165) is 36.6 Å². The minimum atomic E-state index is -0.379. The van der Waals surface area contributed by atoms with Gasteiger partial charge >= 0.3 is 0 Å². The summed E-state index contributed by atoms with van der Waals surface area (Å²) in [5.41, 5.74) is 2.80. The molecule has 1 aliphatic rings. The van der Waals surface area contributed by atoms with Crippen molar-refractivity contribution in [3.05, 3.63) is 64.7 Å². The van der Waals surface area contributed by atoms with Crippen molar-refractivity contribution >= 4 is 22.9 Å². The molecule has 1 saturated heterocycles. The van der Waals surface area contributed by atoms with Crippen LogP contribution in [0.15, 0.2) is 54.3 Å². The van der Waals surface area contributed by atoms with Crippen molar-refractivity contribution < 1.29 is 18.7 Å². The average molecular weight is 470 g/mol. The largest absolute Gasteiger partial charge is 0.492 e. The molecular weight excluding hydrogens is 441 g/mol. The van der Waals surface area contributed by atoms with Crippen LogP contribution in [0.2, 0.25) is 0 Å². The van der Waals surface area contributed by atoms with Gasteiger partial charge in [0.05, 0.1) is 36.4 Å². The van der Waals surface area contributed by atoms with E-state index >= 15 is 0 Å². The number of alkyl halides is 1. The maximum atomic E-state index is 12.3. The number of Topliss-reactive ketones (excluding diaryl/α,β-unsaturated/α-hetero) is 1. The fraction of sp³-hybridized carbons (Fsp3) is 0.400. The van der Waals surface area contributed by atoms with Crippen molar-refractivity contribution in [3.63, 3.8) is 0 Å². The van der Waals surface area contributed by atoms with E-state index in [4.69, 9.17) is 9.47 Å². The van der Waals surface area contributed by atoms with E-state index in [1.807, 2.05) is 36.4 Å². The number of ether oxygens (including phenoxy) is 2. The molecule has 1 fully saturated rings. The summed E-state index contributed by atoms with van der Waals surface area (Å²) in [6.07, 6.45) is 5.17. The molecule has 0 amide bonds. The minimum absolute atomic E-state index is 0.0865. The number of anilines is 1. The molecule has 6 nitrogen and oxygen atoms in total. The predicted molar refractivity (Wildman–Crippen MR) is 127 cm³/mol. The van der Waals surface area contributed by atoms with E-state index in [0.29, 0.717) is 30.1 Å². The fourth-order valence-electron chi connectivity index (χ4n) is 3.84. The molecule has 2 atom stereocenters. The van der Waals surface area contributed by atoms with Crippen molar-refractivity contribution in [1.29, 1.82) is 0 Å². The van der Waals surface area contributed by atoms with Gasteiger partial charge in [-0.15, -0.1) is 11.3 Å². The normalized spacial score (nSPS) is 16.5. The lowest BCUT2D eigenvalue weighted by atomic mass is 9.95. The van der Waals surface area contributed by atoms with Crippen molar-refractivity contribution in [2.75, 3.05) is 31.3 Å². The van der Waals surface area contributed by atoms with Gasteiger partial charge < -0.3 is 14.4 Å².